The largest absolute Gasteiger partial charge is 0.457 e. The molecule has 4 nitrogen and oxygen atoms in total. The normalized spacial score (nSPS) is 11.1. The molecule has 2 aromatic carbocycles. The van der Waals surface area contributed by atoms with E-state index >= 15 is 0 Å². The molecule has 0 saturated heterocycles. The molecule has 6 heteroatoms. The fourth-order valence-corrected chi connectivity index (χ4v) is 2.79. The molecule has 0 saturated carbocycles. The topological polar surface area (TPSA) is 66.0 Å². The van der Waals surface area contributed by atoms with E-state index in [2.05, 4.69) is 5.32 Å². The fraction of sp³-hybridized carbons (Fsp3) is 0.0476. The molecule has 27 heavy (non-hydrogen) atoms. The van der Waals surface area contributed by atoms with Gasteiger partial charge in [-0.15, -0.1) is 0 Å². The number of aryl methyl sites for hydroxylation is 1. The lowest BCUT2D eigenvalue weighted by Gasteiger charge is -2.04. The first-order valence-corrected chi connectivity index (χ1v) is 8.77. The lowest BCUT2D eigenvalue weighted by molar-refractivity contribution is -0.112. The average molecular weight is 397 g/mol. The maximum absolute atomic E-state index is 12.3. The molecule has 0 spiro atoms. The van der Waals surface area contributed by atoms with Crippen molar-refractivity contribution in [2.24, 2.45) is 0 Å². The van der Waals surface area contributed by atoms with Crippen molar-refractivity contribution >= 4 is 40.9 Å². The zero-order valence-electron chi connectivity index (χ0n) is 14.3. The number of hydrogen-bond donors (Lipinski definition) is 1. The number of nitrogens with one attached hydrogen (secondary N) is 1. The summed E-state index contributed by atoms with van der Waals surface area (Å²) < 4.78 is 5.70. The highest BCUT2D eigenvalue weighted by Crippen LogP contribution is 2.34. The second-order valence-electron chi connectivity index (χ2n) is 5.79. The Morgan fingerprint density at radius 3 is 2.56 bits per heavy atom. The molecule has 3 aromatic rings. The summed E-state index contributed by atoms with van der Waals surface area (Å²) in [5.41, 5.74) is 2.24. The molecule has 0 unspecified atom stereocenters. The SMILES string of the molecule is Cc1ccc(NC(=O)/C(C#N)=C\c2ccc(-c3cccc(Cl)c3Cl)o2)cc1. The minimum Gasteiger partial charge on any atom is -0.457 e. The number of benzene rings is 2. The first-order chi connectivity index (χ1) is 13.0. The molecule has 0 atom stereocenters. The molecule has 0 fully saturated rings. The molecule has 0 aliphatic carbocycles. The monoisotopic (exact) mass is 396 g/mol. The summed E-state index contributed by atoms with van der Waals surface area (Å²) in [6, 6.07) is 17.8. The standard InChI is InChI=1S/C21H14Cl2N2O2/c1-13-5-7-15(8-6-13)25-21(26)14(12-24)11-16-9-10-19(27-16)17-3-2-4-18(22)20(17)23/h2-11H,1H3,(H,25,26)/b14-11-. The van der Waals surface area contributed by atoms with Crippen LogP contribution >= 0.6 is 23.2 Å². The van der Waals surface area contributed by atoms with Crippen LogP contribution in [-0.2, 0) is 4.79 Å². The van der Waals surface area contributed by atoms with Crippen LogP contribution in [0.3, 0.4) is 0 Å². The van der Waals surface area contributed by atoms with Gasteiger partial charge < -0.3 is 9.73 Å². The van der Waals surface area contributed by atoms with E-state index in [4.69, 9.17) is 27.6 Å². The van der Waals surface area contributed by atoms with E-state index in [-0.39, 0.29) is 5.57 Å². The molecule has 0 aliphatic rings. The van der Waals surface area contributed by atoms with E-state index in [0.717, 1.165) is 5.56 Å². The number of rotatable bonds is 4. The predicted octanol–water partition coefficient (Wildman–Crippen LogP) is 6.11. The Labute approximate surface area is 166 Å². The Morgan fingerprint density at radius 1 is 1.11 bits per heavy atom. The van der Waals surface area contributed by atoms with Crippen LogP contribution in [0.4, 0.5) is 5.69 Å². The zero-order valence-corrected chi connectivity index (χ0v) is 15.8. The number of carbonyl (C=O) groups excluding carboxylic acids is 1. The number of furan rings is 1. The summed E-state index contributed by atoms with van der Waals surface area (Å²) in [7, 11) is 0. The van der Waals surface area contributed by atoms with Gasteiger partial charge >= 0.3 is 0 Å². The van der Waals surface area contributed by atoms with Gasteiger partial charge in [0, 0.05) is 17.3 Å². The number of carbonyl (C=O) groups is 1. The van der Waals surface area contributed by atoms with Crippen molar-refractivity contribution in [3.63, 3.8) is 0 Å². The smallest absolute Gasteiger partial charge is 0.266 e. The van der Waals surface area contributed by atoms with Gasteiger partial charge in [0.15, 0.2) is 0 Å². The van der Waals surface area contributed by atoms with Gasteiger partial charge in [-0.1, -0.05) is 47.0 Å². The number of hydrogen-bond acceptors (Lipinski definition) is 3. The molecule has 1 N–H and O–H groups in total. The molecule has 0 aliphatic heterocycles. The quantitative estimate of drug-likeness (QED) is 0.427. The third-order valence-electron chi connectivity index (χ3n) is 3.80. The van der Waals surface area contributed by atoms with Crippen molar-refractivity contribution in [2.45, 2.75) is 6.92 Å². The lowest BCUT2D eigenvalue weighted by Crippen LogP contribution is -2.13. The highest BCUT2D eigenvalue weighted by atomic mass is 35.5. The van der Waals surface area contributed by atoms with Gasteiger partial charge in [-0.3, -0.25) is 4.79 Å². The number of halogens is 2. The van der Waals surface area contributed by atoms with Crippen molar-refractivity contribution in [3.8, 4) is 17.4 Å². The van der Waals surface area contributed by atoms with Crippen LogP contribution in [0.25, 0.3) is 17.4 Å². The number of anilines is 1. The molecule has 0 bridgehead atoms. The molecule has 3 rings (SSSR count). The fourth-order valence-electron chi connectivity index (χ4n) is 2.40. The van der Waals surface area contributed by atoms with Crippen LogP contribution < -0.4 is 5.32 Å². The summed E-state index contributed by atoms with van der Waals surface area (Å²) in [5, 5.41) is 12.8. The Balaban J connectivity index is 1.83. The van der Waals surface area contributed by atoms with E-state index in [0.29, 0.717) is 32.8 Å². The third-order valence-corrected chi connectivity index (χ3v) is 4.62. The summed E-state index contributed by atoms with van der Waals surface area (Å²) in [6.45, 7) is 1.95. The number of nitriles is 1. The van der Waals surface area contributed by atoms with E-state index in [1.54, 1.807) is 42.5 Å². The lowest BCUT2D eigenvalue weighted by atomic mass is 10.2. The summed E-state index contributed by atoms with van der Waals surface area (Å²) in [5.74, 6) is 0.335. The number of amides is 1. The van der Waals surface area contributed by atoms with Gasteiger partial charge in [0.1, 0.15) is 23.2 Å². The first kappa shape index (κ1) is 18.8. The van der Waals surface area contributed by atoms with Gasteiger partial charge in [-0.05, 0) is 43.3 Å². The Morgan fingerprint density at radius 2 is 1.85 bits per heavy atom. The molecule has 134 valence electrons. The van der Waals surface area contributed by atoms with Crippen molar-refractivity contribution in [2.75, 3.05) is 5.32 Å². The van der Waals surface area contributed by atoms with E-state index in [9.17, 15) is 10.1 Å². The van der Waals surface area contributed by atoms with Crippen molar-refractivity contribution < 1.29 is 9.21 Å². The predicted molar refractivity (Wildman–Crippen MR) is 108 cm³/mol. The van der Waals surface area contributed by atoms with Gasteiger partial charge in [0.05, 0.1) is 10.0 Å². The minimum absolute atomic E-state index is 0.0753. The molecule has 1 aromatic heterocycles. The van der Waals surface area contributed by atoms with Crippen LogP contribution in [0.15, 0.2) is 64.6 Å². The van der Waals surface area contributed by atoms with Gasteiger partial charge in [0.25, 0.3) is 5.91 Å². The molecular weight excluding hydrogens is 383 g/mol. The van der Waals surface area contributed by atoms with Crippen molar-refractivity contribution in [3.05, 3.63) is 81.5 Å². The van der Waals surface area contributed by atoms with Gasteiger partial charge in [-0.2, -0.15) is 5.26 Å². The summed E-state index contributed by atoms with van der Waals surface area (Å²) >= 11 is 12.2. The molecular formula is C21H14Cl2N2O2. The van der Waals surface area contributed by atoms with Crippen LogP contribution in [0, 0.1) is 18.3 Å². The Hall–Kier alpha value is -3.00. The van der Waals surface area contributed by atoms with Gasteiger partial charge in [0.2, 0.25) is 0 Å². The zero-order chi connectivity index (χ0) is 19.4. The van der Waals surface area contributed by atoms with E-state index < -0.39 is 5.91 Å². The van der Waals surface area contributed by atoms with E-state index in [1.807, 2.05) is 25.1 Å². The van der Waals surface area contributed by atoms with Gasteiger partial charge in [-0.25, -0.2) is 0 Å². The first-order valence-electron chi connectivity index (χ1n) is 8.02. The number of nitrogens with zero attached hydrogens (tertiary/aromatic N) is 1. The van der Waals surface area contributed by atoms with Crippen LogP contribution in [0.2, 0.25) is 10.0 Å². The summed E-state index contributed by atoms with van der Waals surface area (Å²) in [4.78, 5) is 12.3. The molecule has 0 radical (unpaired) electrons. The minimum atomic E-state index is -0.514. The Kier molecular flexibility index (Phi) is 5.66. The second-order valence-corrected chi connectivity index (χ2v) is 6.58. The maximum Gasteiger partial charge on any atom is 0.266 e. The highest BCUT2D eigenvalue weighted by Gasteiger charge is 2.13. The van der Waals surface area contributed by atoms with Crippen LogP contribution in [-0.4, -0.2) is 5.91 Å². The molecule has 1 amide bonds. The highest BCUT2D eigenvalue weighted by molar-refractivity contribution is 6.43. The van der Waals surface area contributed by atoms with Crippen LogP contribution in [0.5, 0.6) is 0 Å². The maximum atomic E-state index is 12.3. The molecule has 1 heterocycles. The Bertz CT molecular complexity index is 1060. The second kappa shape index (κ2) is 8.13. The third kappa shape index (κ3) is 4.40. The summed E-state index contributed by atoms with van der Waals surface area (Å²) in [6.07, 6.45) is 1.38. The van der Waals surface area contributed by atoms with E-state index in [1.165, 1.54) is 6.08 Å². The van der Waals surface area contributed by atoms with Crippen molar-refractivity contribution in [1.29, 1.82) is 5.26 Å². The van der Waals surface area contributed by atoms with Crippen molar-refractivity contribution in [1.82, 2.24) is 0 Å². The van der Waals surface area contributed by atoms with Crippen LogP contribution in [0.1, 0.15) is 11.3 Å². The average Bonchev–Trinajstić information content (AvgIpc) is 3.12.